The third-order valence-corrected chi connectivity index (χ3v) is 2.42. The molecule has 11 heavy (non-hydrogen) atoms. The number of hydrogen-bond donors (Lipinski definition) is 2. The molecule has 0 aliphatic rings. The van der Waals surface area contributed by atoms with Crippen LogP contribution in [0.15, 0.2) is 12.1 Å². The van der Waals surface area contributed by atoms with E-state index in [-0.39, 0.29) is 12.6 Å². The van der Waals surface area contributed by atoms with E-state index in [9.17, 15) is 0 Å². The van der Waals surface area contributed by atoms with Crippen molar-refractivity contribution >= 4 is 11.3 Å². The van der Waals surface area contributed by atoms with E-state index in [1.807, 2.05) is 6.07 Å². The Kier molecular flexibility index (Phi) is 2.60. The van der Waals surface area contributed by atoms with E-state index in [0.29, 0.717) is 4.88 Å². The van der Waals surface area contributed by atoms with Crippen LogP contribution in [0.1, 0.15) is 15.8 Å². The summed E-state index contributed by atoms with van der Waals surface area (Å²) in [4.78, 5) is 1.48. The molecule has 3 nitrogen and oxygen atoms in total. The highest BCUT2D eigenvalue weighted by Crippen LogP contribution is 2.20. The summed E-state index contributed by atoms with van der Waals surface area (Å²) in [5, 5.41) is 17.1. The van der Waals surface area contributed by atoms with Crippen LogP contribution in [-0.2, 0) is 0 Å². The van der Waals surface area contributed by atoms with Crippen molar-refractivity contribution in [3.63, 3.8) is 0 Å². The maximum absolute atomic E-state index is 8.67. The molecule has 0 aliphatic heterocycles. The quantitative estimate of drug-likeness (QED) is 0.679. The van der Waals surface area contributed by atoms with Gasteiger partial charge in [0.1, 0.15) is 10.9 Å². The predicted molar refractivity (Wildman–Crippen MR) is 43.0 cm³/mol. The molecule has 1 aromatic heterocycles. The lowest BCUT2D eigenvalue weighted by atomic mass is 10.3. The average molecular weight is 168 g/mol. The Labute approximate surface area is 68.7 Å². The van der Waals surface area contributed by atoms with Crippen LogP contribution >= 0.6 is 11.3 Å². The average Bonchev–Trinajstić information content (AvgIpc) is 2.50. The third kappa shape index (κ3) is 1.77. The lowest BCUT2D eigenvalue weighted by Crippen LogP contribution is -2.12. The Morgan fingerprint density at radius 1 is 1.73 bits per heavy atom. The molecule has 0 unspecified atom stereocenters. The topological polar surface area (TPSA) is 70.0 Å². The van der Waals surface area contributed by atoms with Crippen molar-refractivity contribution in [3.8, 4) is 6.07 Å². The molecule has 0 saturated carbocycles. The summed E-state index contributed by atoms with van der Waals surface area (Å²) in [5.74, 6) is 0. The van der Waals surface area contributed by atoms with E-state index in [1.54, 1.807) is 12.1 Å². The first-order valence-corrected chi connectivity index (χ1v) is 3.96. The lowest BCUT2D eigenvalue weighted by Gasteiger charge is -2.02. The van der Waals surface area contributed by atoms with Crippen LogP contribution in [-0.4, -0.2) is 11.7 Å². The van der Waals surface area contributed by atoms with Gasteiger partial charge in [0.05, 0.1) is 12.6 Å². The van der Waals surface area contributed by atoms with E-state index in [2.05, 4.69) is 0 Å². The molecule has 0 aliphatic carbocycles. The first-order chi connectivity index (χ1) is 5.27. The van der Waals surface area contributed by atoms with Gasteiger partial charge in [-0.1, -0.05) is 0 Å². The highest BCUT2D eigenvalue weighted by atomic mass is 32.1. The molecule has 1 atom stereocenters. The fourth-order valence-corrected chi connectivity index (χ4v) is 1.50. The van der Waals surface area contributed by atoms with Crippen molar-refractivity contribution in [1.29, 1.82) is 5.26 Å². The van der Waals surface area contributed by atoms with E-state index in [1.165, 1.54) is 11.3 Å². The van der Waals surface area contributed by atoms with Gasteiger partial charge in [-0.3, -0.25) is 0 Å². The number of aliphatic hydroxyl groups excluding tert-OH is 1. The van der Waals surface area contributed by atoms with E-state index in [0.717, 1.165) is 4.88 Å². The van der Waals surface area contributed by atoms with Gasteiger partial charge in [0.15, 0.2) is 0 Å². The Morgan fingerprint density at radius 3 is 2.91 bits per heavy atom. The molecule has 1 heterocycles. The van der Waals surface area contributed by atoms with Gasteiger partial charge in [0.25, 0.3) is 0 Å². The second-order valence-electron chi connectivity index (χ2n) is 2.10. The minimum atomic E-state index is -0.345. The monoisotopic (exact) mass is 168 g/mol. The summed E-state index contributed by atoms with van der Waals surface area (Å²) in [6.45, 7) is -0.0780. The van der Waals surface area contributed by atoms with Crippen LogP contribution in [0, 0.1) is 11.3 Å². The number of rotatable bonds is 2. The normalized spacial score (nSPS) is 12.5. The van der Waals surface area contributed by atoms with Crippen LogP contribution in [0.5, 0.6) is 0 Å². The Morgan fingerprint density at radius 2 is 2.45 bits per heavy atom. The largest absolute Gasteiger partial charge is 0.394 e. The second-order valence-corrected chi connectivity index (χ2v) is 3.22. The molecular weight excluding hydrogens is 160 g/mol. The first-order valence-electron chi connectivity index (χ1n) is 3.14. The molecule has 3 N–H and O–H groups in total. The van der Waals surface area contributed by atoms with Gasteiger partial charge in [0, 0.05) is 4.88 Å². The zero-order valence-electron chi connectivity index (χ0n) is 5.82. The van der Waals surface area contributed by atoms with Gasteiger partial charge in [-0.05, 0) is 12.1 Å². The molecule has 0 bridgehead atoms. The molecule has 0 spiro atoms. The summed E-state index contributed by atoms with van der Waals surface area (Å²) in [5.41, 5.74) is 5.51. The van der Waals surface area contributed by atoms with E-state index in [4.69, 9.17) is 16.1 Å². The summed E-state index contributed by atoms with van der Waals surface area (Å²) in [6.07, 6.45) is 0. The molecule has 1 aromatic rings. The van der Waals surface area contributed by atoms with Gasteiger partial charge >= 0.3 is 0 Å². The fraction of sp³-hybridized carbons (Fsp3) is 0.286. The summed E-state index contributed by atoms with van der Waals surface area (Å²) >= 11 is 1.32. The fourth-order valence-electron chi connectivity index (χ4n) is 0.702. The maximum atomic E-state index is 8.67. The Balaban J connectivity index is 2.82. The number of hydrogen-bond acceptors (Lipinski definition) is 4. The van der Waals surface area contributed by atoms with Crippen LogP contribution in [0.25, 0.3) is 0 Å². The third-order valence-electron chi connectivity index (χ3n) is 1.30. The minimum Gasteiger partial charge on any atom is -0.394 e. The predicted octanol–water partition coefficient (Wildman–Crippen LogP) is 0.612. The molecule has 0 saturated heterocycles. The maximum Gasteiger partial charge on any atom is 0.110 e. The molecular formula is C7H8N2OS. The number of aliphatic hydroxyl groups is 1. The molecule has 0 fully saturated rings. The Hall–Kier alpha value is -0.890. The SMILES string of the molecule is N#Cc1ccc([C@@H](N)CO)s1. The molecule has 1 rings (SSSR count). The zero-order valence-corrected chi connectivity index (χ0v) is 6.64. The van der Waals surface area contributed by atoms with Crippen molar-refractivity contribution in [3.05, 3.63) is 21.9 Å². The summed E-state index contributed by atoms with van der Waals surface area (Å²) in [6, 6.07) is 5.13. The van der Waals surface area contributed by atoms with Gasteiger partial charge in [0.2, 0.25) is 0 Å². The standard InChI is InChI=1S/C7H8N2OS/c8-3-5-1-2-7(11-5)6(9)4-10/h1-2,6,10H,4,9H2/t6-/m0/s1. The molecule has 58 valence electrons. The highest BCUT2D eigenvalue weighted by molar-refractivity contribution is 7.12. The number of nitriles is 1. The first kappa shape index (κ1) is 8.21. The Bertz CT molecular complexity index is 276. The second kappa shape index (κ2) is 3.49. The summed E-state index contributed by atoms with van der Waals surface area (Å²) in [7, 11) is 0. The summed E-state index contributed by atoms with van der Waals surface area (Å²) < 4.78 is 0. The molecule has 0 amide bonds. The molecule has 0 aromatic carbocycles. The van der Waals surface area contributed by atoms with Crippen LogP contribution in [0.2, 0.25) is 0 Å². The van der Waals surface area contributed by atoms with Crippen LogP contribution in [0.4, 0.5) is 0 Å². The molecule has 4 heteroatoms. The van der Waals surface area contributed by atoms with Gasteiger partial charge in [-0.2, -0.15) is 5.26 Å². The zero-order chi connectivity index (χ0) is 8.27. The van der Waals surface area contributed by atoms with E-state index >= 15 is 0 Å². The van der Waals surface area contributed by atoms with Crippen molar-refractivity contribution in [2.75, 3.05) is 6.61 Å². The van der Waals surface area contributed by atoms with Gasteiger partial charge in [-0.25, -0.2) is 0 Å². The molecule has 0 radical (unpaired) electrons. The lowest BCUT2D eigenvalue weighted by molar-refractivity contribution is 0.269. The van der Waals surface area contributed by atoms with Crippen molar-refractivity contribution in [1.82, 2.24) is 0 Å². The van der Waals surface area contributed by atoms with Crippen LogP contribution in [0.3, 0.4) is 0 Å². The minimum absolute atomic E-state index is 0.0780. The highest BCUT2D eigenvalue weighted by Gasteiger charge is 2.06. The number of nitrogens with zero attached hydrogens (tertiary/aromatic N) is 1. The van der Waals surface area contributed by atoms with Crippen molar-refractivity contribution in [2.24, 2.45) is 5.73 Å². The van der Waals surface area contributed by atoms with Crippen molar-refractivity contribution < 1.29 is 5.11 Å². The van der Waals surface area contributed by atoms with Gasteiger partial charge in [-0.15, -0.1) is 11.3 Å². The number of nitrogens with two attached hydrogens (primary N) is 1. The smallest absolute Gasteiger partial charge is 0.110 e. The van der Waals surface area contributed by atoms with E-state index < -0.39 is 0 Å². The van der Waals surface area contributed by atoms with Crippen molar-refractivity contribution in [2.45, 2.75) is 6.04 Å². The van der Waals surface area contributed by atoms with Crippen LogP contribution < -0.4 is 5.73 Å². The number of thiophene rings is 1. The van der Waals surface area contributed by atoms with Gasteiger partial charge < -0.3 is 10.8 Å².